The van der Waals surface area contributed by atoms with E-state index in [9.17, 15) is 4.79 Å². The van der Waals surface area contributed by atoms with Crippen LogP contribution in [0.25, 0.3) is 0 Å². The van der Waals surface area contributed by atoms with Crippen LogP contribution in [-0.2, 0) is 4.79 Å². The summed E-state index contributed by atoms with van der Waals surface area (Å²) >= 11 is 0. The van der Waals surface area contributed by atoms with Crippen LogP contribution in [0.15, 0.2) is 12.7 Å². The van der Waals surface area contributed by atoms with E-state index in [2.05, 4.69) is 11.9 Å². The fourth-order valence-corrected chi connectivity index (χ4v) is 0.560. The first-order chi connectivity index (χ1) is 5.11. The van der Waals surface area contributed by atoms with Crippen molar-refractivity contribution < 1.29 is 4.79 Å². The van der Waals surface area contributed by atoms with Crippen molar-refractivity contribution in [3.05, 3.63) is 12.7 Å². The second-order valence-electron chi connectivity index (χ2n) is 2.56. The molecule has 0 aliphatic heterocycles. The van der Waals surface area contributed by atoms with E-state index in [1.807, 2.05) is 19.9 Å². The highest BCUT2D eigenvalue weighted by Gasteiger charge is 2.12. The summed E-state index contributed by atoms with van der Waals surface area (Å²) in [6, 6.07) is 1.57. The maximum absolute atomic E-state index is 10.7. The van der Waals surface area contributed by atoms with Crippen molar-refractivity contribution in [2.45, 2.75) is 19.9 Å². The molecule has 3 nitrogen and oxygen atoms in total. The normalized spacial score (nSPS) is 11.8. The van der Waals surface area contributed by atoms with Gasteiger partial charge < -0.3 is 5.32 Å². The van der Waals surface area contributed by atoms with Gasteiger partial charge in [0.2, 0.25) is 5.91 Å². The Kier molecular flexibility index (Phi) is 3.97. The van der Waals surface area contributed by atoms with Gasteiger partial charge in [0.05, 0.1) is 6.07 Å². The first-order valence-electron chi connectivity index (χ1n) is 3.44. The molecule has 1 amide bonds. The Morgan fingerprint density at radius 3 is 2.55 bits per heavy atom. The Hall–Kier alpha value is -1.30. The Balaban J connectivity index is 4.01. The van der Waals surface area contributed by atoms with Crippen LogP contribution >= 0.6 is 0 Å². The number of nitriles is 1. The molecule has 0 radical (unpaired) electrons. The summed E-state index contributed by atoms with van der Waals surface area (Å²) in [4.78, 5) is 10.7. The quantitative estimate of drug-likeness (QED) is 0.609. The number of nitrogens with one attached hydrogen (secondary N) is 1. The molecule has 0 rings (SSSR count). The number of nitrogens with zero attached hydrogens (tertiary/aromatic N) is 1. The van der Waals surface area contributed by atoms with Crippen LogP contribution < -0.4 is 5.32 Å². The van der Waals surface area contributed by atoms with Crippen LogP contribution in [0.5, 0.6) is 0 Å². The summed E-state index contributed by atoms with van der Waals surface area (Å²) in [7, 11) is 0. The number of carbonyl (C=O) groups excluding carboxylic acids is 1. The number of carbonyl (C=O) groups is 1. The van der Waals surface area contributed by atoms with Crippen LogP contribution in [0.2, 0.25) is 0 Å². The Morgan fingerprint density at radius 2 is 2.27 bits per heavy atom. The minimum absolute atomic E-state index is 0.129. The van der Waals surface area contributed by atoms with Gasteiger partial charge in [-0.3, -0.25) is 4.79 Å². The van der Waals surface area contributed by atoms with Gasteiger partial charge in [0.1, 0.15) is 6.04 Å². The first-order valence-corrected chi connectivity index (χ1v) is 3.44. The van der Waals surface area contributed by atoms with Gasteiger partial charge in [-0.05, 0) is 12.0 Å². The Labute approximate surface area is 66.7 Å². The maximum atomic E-state index is 10.7. The van der Waals surface area contributed by atoms with E-state index in [1.54, 1.807) is 0 Å². The number of rotatable bonds is 3. The van der Waals surface area contributed by atoms with Crippen molar-refractivity contribution in [3.8, 4) is 6.07 Å². The fraction of sp³-hybridized carbons (Fsp3) is 0.500. The van der Waals surface area contributed by atoms with Gasteiger partial charge in [0, 0.05) is 0 Å². The summed E-state index contributed by atoms with van der Waals surface area (Å²) in [5.74, 6) is -0.172. The third kappa shape index (κ3) is 3.41. The van der Waals surface area contributed by atoms with Crippen molar-refractivity contribution in [1.82, 2.24) is 5.32 Å². The van der Waals surface area contributed by atoms with Crippen LogP contribution in [0.3, 0.4) is 0 Å². The van der Waals surface area contributed by atoms with E-state index < -0.39 is 6.04 Å². The highest BCUT2D eigenvalue weighted by atomic mass is 16.1. The minimum atomic E-state index is -0.416. The minimum Gasteiger partial charge on any atom is -0.337 e. The summed E-state index contributed by atoms with van der Waals surface area (Å²) in [6.45, 7) is 7.03. The molecule has 60 valence electrons. The van der Waals surface area contributed by atoms with Crippen LogP contribution in [0.1, 0.15) is 13.8 Å². The average molecular weight is 152 g/mol. The van der Waals surface area contributed by atoms with E-state index in [0.29, 0.717) is 0 Å². The molecule has 1 atom stereocenters. The van der Waals surface area contributed by atoms with Gasteiger partial charge in [-0.1, -0.05) is 20.4 Å². The van der Waals surface area contributed by atoms with Gasteiger partial charge in [-0.2, -0.15) is 5.26 Å². The van der Waals surface area contributed by atoms with Gasteiger partial charge in [0.25, 0.3) is 0 Å². The van der Waals surface area contributed by atoms with Gasteiger partial charge in [-0.25, -0.2) is 0 Å². The molecule has 0 aromatic carbocycles. The summed E-state index contributed by atoms with van der Waals surface area (Å²) in [5.41, 5.74) is 0. The van der Waals surface area contributed by atoms with Crippen molar-refractivity contribution in [2.75, 3.05) is 0 Å². The zero-order chi connectivity index (χ0) is 8.85. The number of hydrogen-bond acceptors (Lipinski definition) is 2. The van der Waals surface area contributed by atoms with E-state index in [1.165, 1.54) is 0 Å². The molecule has 0 unspecified atom stereocenters. The van der Waals surface area contributed by atoms with Crippen LogP contribution in [-0.4, -0.2) is 11.9 Å². The third-order valence-electron chi connectivity index (χ3n) is 1.29. The summed E-state index contributed by atoms with van der Waals surface area (Å²) < 4.78 is 0. The van der Waals surface area contributed by atoms with E-state index in [4.69, 9.17) is 5.26 Å². The Bertz CT molecular complexity index is 191. The van der Waals surface area contributed by atoms with E-state index >= 15 is 0 Å². The van der Waals surface area contributed by atoms with Crippen molar-refractivity contribution >= 4 is 5.91 Å². The lowest BCUT2D eigenvalue weighted by atomic mass is 10.1. The highest BCUT2D eigenvalue weighted by molar-refractivity contribution is 5.87. The molecule has 0 fully saturated rings. The molecular formula is C8H12N2O. The molecule has 0 aliphatic rings. The molecule has 0 bridgehead atoms. The molecule has 0 aliphatic carbocycles. The van der Waals surface area contributed by atoms with Crippen molar-refractivity contribution in [1.29, 1.82) is 5.26 Å². The standard InChI is InChI=1S/C8H12N2O/c1-4-8(11)10-7(5-9)6(2)3/h4,6-7H,1H2,2-3H3,(H,10,11)/t7-/m1/s1. The average Bonchev–Trinajstić information content (AvgIpc) is 1.99. The molecule has 0 saturated heterocycles. The lowest BCUT2D eigenvalue weighted by molar-refractivity contribution is -0.117. The van der Waals surface area contributed by atoms with Crippen molar-refractivity contribution in [3.63, 3.8) is 0 Å². The van der Waals surface area contributed by atoms with E-state index in [0.717, 1.165) is 6.08 Å². The highest BCUT2D eigenvalue weighted by Crippen LogP contribution is 1.98. The number of amides is 1. The monoisotopic (exact) mass is 152 g/mol. The Morgan fingerprint density at radius 1 is 1.73 bits per heavy atom. The van der Waals surface area contributed by atoms with Gasteiger partial charge in [-0.15, -0.1) is 0 Å². The van der Waals surface area contributed by atoms with Crippen LogP contribution in [0, 0.1) is 17.2 Å². The summed E-state index contributed by atoms with van der Waals surface area (Å²) in [6.07, 6.45) is 1.16. The molecule has 11 heavy (non-hydrogen) atoms. The molecular weight excluding hydrogens is 140 g/mol. The molecule has 0 spiro atoms. The maximum Gasteiger partial charge on any atom is 0.244 e. The lowest BCUT2D eigenvalue weighted by Gasteiger charge is -2.12. The predicted molar refractivity (Wildman–Crippen MR) is 42.6 cm³/mol. The van der Waals surface area contributed by atoms with Crippen molar-refractivity contribution in [2.24, 2.45) is 5.92 Å². The molecule has 0 saturated carbocycles. The molecule has 0 heterocycles. The fourth-order valence-electron chi connectivity index (χ4n) is 0.560. The zero-order valence-electron chi connectivity index (χ0n) is 6.79. The molecule has 1 N–H and O–H groups in total. The van der Waals surface area contributed by atoms with Gasteiger partial charge >= 0.3 is 0 Å². The largest absolute Gasteiger partial charge is 0.337 e. The topological polar surface area (TPSA) is 52.9 Å². The zero-order valence-corrected chi connectivity index (χ0v) is 6.79. The smallest absolute Gasteiger partial charge is 0.244 e. The molecule has 0 aromatic heterocycles. The summed E-state index contributed by atoms with van der Waals surface area (Å²) in [5, 5.41) is 11.0. The third-order valence-corrected chi connectivity index (χ3v) is 1.29. The second-order valence-corrected chi connectivity index (χ2v) is 2.56. The van der Waals surface area contributed by atoms with E-state index in [-0.39, 0.29) is 11.8 Å². The number of hydrogen-bond donors (Lipinski definition) is 1. The molecule has 3 heteroatoms. The second kappa shape index (κ2) is 4.51. The SMILES string of the molecule is C=CC(=O)N[C@H](C#N)C(C)C. The van der Waals surface area contributed by atoms with Crippen LogP contribution in [0.4, 0.5) is 0 Å². The lowest BCUT2D eigenvalue weighted by Crippen LogP contribution is -2.36. The molecule has 0 aromatic rings. The predicted octanol–water partition coefficient (Wildman–Crippen LogP) is 0.837. The first kappa shape index (κ1) is 9.70. The van der Waals surface area contributed by atoms with Gasteiger partial charge in [0.15, 0.2) is 0 Å².